The third kappa shape index (κ3) is 3.57. The van der Waals surface area contributed by atoms with E-state index in [9.17, 15) is 22.8 Å². The van der Waals surface area contributed by atoms with Crippen LogP contribution in [0.15, 0.2) is 43.0 Å². The minimum Gasteiger partial charge on any atom is -0.267 e. The molecule has 6 nitrogen and oxygen atoms in total. The van der Waals surface area contributed by atoms with Crippen LogP contribution in [0.1, 0.15) is 26.3 Å². The van der Waals surface area contributed by atoms with Crippen LogP contribution in [0.3, 0.4) is 0 Å². The van der Waals surface area contributed by atoms with Crippen LogP contribution in [0, 0.1) is 0 Å². The quantitative estimate of drug-likeness (QED) is 0.825. The van der Waals surface area contributed by atoms with E-state index >= 15 is 0 Å². The molecule has 0 aliphatic heterocycles. The van der Waals surface area contributed by atoms with Gasteiger partial charge in [-0.3, -0.25) is 30.4 Å². The van der Waals surface area contributed by atoms with Crippen LogP contribution in [0.5, 0.6) is 0 Å². The monoisotopic (exact) mass is 310 g/mol. The SMILES string of the molecule is O=C(NNC(=O)c1cnccc1C(F)(F)F)c1cccnc1. The number of amides is 2. The van der Waals surface area contributed by atoms with Gasteiger partial charge in [-0.05, 0) is 18.2 Å². The molecule has 0 unspecified atom stereocenters. The predicted octanol–water partition coefficient (Wildman–Crippen LogP) is 1.57. The van der Waals surface area contributed by atoms with Crippen molar-refractivity contribution in [3.8, 4) is 0 Å². The van der Waals surface area contributed by atoms with Gasteiger partial charge in [-0.2, -0.15) is 13.2 Å². The first-order chi connectivity index (χ1) is 10.4. The van der Waals surface area contributed by atoms with Crippen molar-refractivity contribution in [3.05, 3.63) is 59.7 Å². The number of alkyl halides is 3. The summed E-state index contributed by atoms with van der Waals surface area (Å²) >= 11 is 0. The number of halogens is 3. The topological polar surface area (TPSA) is 84.0 Å². The summed E-state index contributed by atoms with van der Waals surface area (Å²) in [5, 5.41) is 0. The van der Waals surface area contributed by atoms with Crippen molar-refractivity contribution in [3.63, 3.8) is 0 Å². The fraction of sp³-hybridized carbons (Fsp3) is 0.0769. The number of aromatic nitrogens is 2. The third-order valence-electron chi connectivity index (χ3n) is 2.58. The summed E-state index contributed by atoms with van der Waals surface area (Å²) < 4.78 is 38.3. The van der Waals surface area contributed by atoms with Gasteiger partial charge in [0.2, 0.25) is 0 Å². The first kappa shape index (κ1) is 15.4. The first-order valence-electron chi connectivity index (χ1n) is 5.91. The molecule has 9 heteroatoms. The van der Waals surface area contributed by atoms with E-state index in [2.05, 4.69) is 9.97 Å². The molecule has 22 heavy (non-hydrogen) atoms. The smallest absolute Gasteiger partial charge is 0.267 e. The van der Waals surface area contributed by atoms with Gasteiger partial charge in [0.05, 0.1) is 16.7 Å². The highest BCUT2D eigenvalue weighted by molar-refractivity contribution is 5.99. The molecule has 0 fully saturated rings. The summed E-state index contributed by atoms with van der Waals surface area (Å²) in [7, 11) is 0. The highest BCUT2D eigenvalue weighted by Gasteiger charge is 2.35. The van der Waals surface area contributed by atoms with E-state index in [4.69, 9.17) is 0 Å². The maximum absolute atomic E-state index is 12.8. The van der Waals surface area contributed by atoms with Gasteiger partial charge in [0.1, 0.15) is 0 Å². The number of nitrogens with zero attached hydrogens (tertiary/aromatic N) is 2. The number of rotatable bonds is 2. The zero-order chi connectivity index (χ0) is 16.2. The van der Waals surface area contributed by atoms with Crippen molar-refractivity contribution < 1.29 is 22.8 Å². The molecule has 0 aromatic carbocycles. The molecular formula is C13H9F3N4O2. The molecule has 0 atom stereocenters. The fourth-order valence-corrected chi connectivity index (χ4v) is 1.57. The number of hydrogen-bond acceptors (Lipinski definition) is 4. The van der Waals surface area contributed by atoms with E-state index in [1.165, 1.54) is 24.5 Å². The summed E-state index contributed by atoms with van der Waals surface area (Å²) in [5.41, 5.74) is 2.21. The molecule has 0 aliphatic carbocycles. The summed E-state index contributed by atoms with van der Waals surface area (Å²) in [6.07, 6.45) is -0.321. The van der Waals surface area contributed by atoms with Crippen molar-refractivity contribution in [2.75, 3.05) is 0 Å². The van der Waals surface area contributed by atoms with Crippen LogP contribution < -0.4 is 10.9 Å². The van der Waals surface area contributed by atoms with E-state index in [1.807, 2.05) is 10.9 Å². The fourth-order valence-electron chi connectivity index (χ4n) is 1.57. The Morgan fingerprint density at radius 3 is 2.27 bits per heavy atom. The summed E-state index contributed by atoms with van der Waals surface area (Å²) in [4.78, 5) is 30.6. The van der Waals surface area contributed by atoms with Crippen molar-refractivity contribution in [2.45, 2.75) is 6.18 Å². The van der Waals surface area contributed by atoms with Crippen LogP contribution in [-0.4, -0.2) is 21.8 Å². The Balaban J connectivity index is 2.09. The van der Waals surface area contributed by atoms with Crippen LogP contribution in [-0.2, 0) is 6.18 Å². The Hall–Kier alpha value is -2.97. The second-order valence-corrected chi connectivity index (χ2v) is 4.07. The van der Waals surface area contributed by atoms with E-state index in [-0.39, 0.29) is 5.56 Å². The highest BCUT2D eigenvalue weighted by Crippen LogP contribution is 2.31. The molecule has 2 amide bonds. The van der Waals surface area contributed by atoms with Crippen molar-refractivity contribution in [1.82, 2.24) is 20.8 Å². The predicted molar refractivity (Wildman–Crippen MR) is 68.4 cm³/mol. The Morgan fingerprint density at radius 2 is 1.64 bits per heavy atom. The normalized spacial score (nSPS) is 10.9. The van der Waals surface area contributed by atoms with Crippen molar-refractivity contribution >= 4 is 11.8 Å². The second-order valence-electron chi connectivity index (χ2n) is 4.07. The van der Waals surface area contributed by atoms with Crippen molar-refractivity contribution in [1.29, 1.82) is 0 Å². The van der Waals surface area contributed by atoms with Gasteiger partial charge in [-0.25, -0.2) is 0 Å². The summed E-state index contributed by atoms with van der Waals surface area (Å²) in [5.74, 6) is -1.84. The maximum atomic E-state index is 12.8. The number of carbonyl (C=O) groups is 2. The highest BCUT2D eigenvalue weighted by atomic mass is 19.4. The molecule has 114 valence electrons. The summed E-state index contributed by atoms with van der Waals surface area (Å²) in [6, 6.07) is 3.61. The number of hydrogen-bond donors (Lipinski definition) is 2. The molecule has 2 heterocycles. The lowest BCUT2D eigenvalue weighted by Gasteiger charge is -2.12. The molecule has 0 aliphatic rings. The number of pyridine rings is 2. The summed E-state index contributed by atoms with van der Waals surface area (Å²) in [6.45, 7) is 0. The van der Waals surface area contributed by atoms with Gasteiger partial charge in [0.15, 0.2) is 0 Å². The zero-order valence-electron chi connectivity index (χ0n) is 10.9. The van der Waals surface area contributed by atoms with Crippen molar-refractivity contribution in [2.24, 2.45) is 0 Å². The van der Waals surface area contributed by atoms with Gasteiger partial charge in [0, 0.05) is 24.8 Å². The molecule has 2 rings (SSSR count). The van der Waals surface area contributed by atoms with Crippen LogP contribution in [0.25, 0.3) is 0 Å². The largest absolute Gasteiger partial charge is 0.417 e. The van der Waals surface area contributed by atoms with E-state index in [1.54, 1.807) is 0 Å². The molecular weight excluding hydrogens is 301 g/mol. The lowest BCUT2D eigenvalue weighted by atomic mass is 10.1. The van der Waals surface area contributed by atoms with Gasteiger partial charge < -0.3 is 0 Å². The Kier molecular flexibility index (Phi) is 4.35. The minimum atomic E-state index is -4.71. The van der Waals surface area contributed by atoms with Gasteiger partial charge in [-0.15, -0.1) is 0 Å². The Bertz CT molecular complexity index is 689. The number of nitrogens with one attached hydrogen (secondary N) is 2. The van der Waals surface area contributed by atoms with Crippen LogP contribution in [0.2, 0.25) is 0 Å². The van der Waals surface area contributed by atoms with E-state index < -0.39 is 29.1 Å². The second kappa shape index (κ2) is 6.20. The zero-order valence-corrected chi connectivity index (χ0v) is 10.9. The number of hydrazine groups is 1. The standard InChI is InChI=1S/C13H9F3N4O2/c14-13(15,16)10-3-5-18-7-9(10)12(22)20-19-11(21)8-2-1-4-17-6-8/h1-7H,(H,19,21)(H,20,22). The Labute approximate surface area is 122 Å². The molecule has 0 saturated carbocycles. The molecule has 2 N–H and O–H groups in total. The Morgan fingerprint density at radius 1 is 0.955 bits per heavy atom. The molecule has 2 aromatic rings. The lowest BCUT2D eigenvalue weighted by molar-refractivity contribution is -0.138. The minimum absolute atomic E-state index is 0.144. The lowest BCUT2D eigenvalue weighted by Crippen LogP contribution is -2.42. The first-order valence-corrected chi connectivity index (χ1v) is 5.91. The van der Waals surface area contributed by atoms with E-state index in [0.29, 0.717) is 6.07 Å². The maximum Gasteiger partial charge on any atom is 0.417 e. The molecule has 0 bridgehead atoms. The van der Waals surface area contributed by atoms with E-state index in [0.717, 1.165) is 12.4 Å². The van der Waals surface area contributed by atoms with Gasteiger partial charge in [0.25, 0.3) is 11.8 Å². The molecule has 0 saturated heterocycles. The average molecular weight is 310 g/mol. The average Bonchev–Trinajstić information content (AvgIpc) is 2.52. The van der Waals surface area contributed by atoms with Crippen LogP contribution >= 0.6 is 0 Å². The van der Waals surface area contributed by atoms with Crippen LogP contribution in [0.4, 0.5) is 13.2 Å². The van der Waals surface area contributed by atoms with Gasteiger partial charge in [-0.1, -0.05) is 0 Å². The number of carbonyl (C=O) groups excluding carboxylic acids is 2. The molecule has 0 radical (unpaired) electrons. The third-order valence-corrected chi connectivity index (χ3v) is 2.58. The molecule has 2 aromatic heterocycles. The molecule has 0 spiro atoms. The van der Waals surface area contributed by atoms with Gasteiger partial charge >= 0.3 is 6.18 Å².